The van der Waals surface area contributed by atoms with Gasteiger partial charge < -0.3 is 16.6 Å². The van der Waals surface area contributed by atoms with Gasteiger partial charge in [-0.15, -0.1) is 0 Å². The van der Waals surface area contributed by atoms with E-state index in [1.165, 1.54) is 17.7 Å². The van der Waals surface area contributed by atoms with E-state index in [4.69, 9.17) is 16.6 Å². The van der Waals surface area contributed by atoms with Gasteiger partial charge in [-0.1, -0.05) is 46.8 Å². The SMILES string of the molecule is CC.CC.CCc1ccc(F)cc1.NC(N)=NCCO. The normalized spacial score (nSPS) is 7.75. The molecule has 0 atom stereocenters. The molecule has 0 unspecified atom stereocenters. The molecule has 0 spiro atoms. The van der Waals surface area contributed by atoms with E-state index in [-0.39, 0.29) is 18.4 Å². The van der Waals surface area contributed by atoms with Gasteiger partial charge in [-0.25, -0.2) is 4.39 Å². The molecule has 20 heavy (non-hydrogen) atoms. The minimum absolute atomic E-state index is 0.00208. The number of hydrogen-bond donors (Lipinski definition) is 3. The summed E-state index contributed by atoms with van der Waals surface area (Å²) in [4.78, 5) is 3.47. The molecule has 4 nitrogen and oxygen atoms in total. The number of aliphatic hydroxyl groups excluding tert-OH is 1. The van der Waals surface area contributed by atoms with Crippen molar-refractivity contribution in [3.8, 4) is 0 Å². The molecule has 0 heterocycles. The molecule has 118 valence electrons. The van der Waals surface area contributed by atoms with Gasteiger partial charge in [-0.3, -0.25) is 4.99 Å². The average molecular weight is 287 g/mol. The van der Waals surface area contributed by atoms with Crippen LogP contribution in [0.2, 0.25) is 0 Å². The quantitative estimate of drug-likeness (QED) is 0.590. The van der Waals surface area contributed by atoms with Gasteiger partial charge in [0.05, 0.1) is 13.2 Å². The lowest BCUT2D eigenvalue weighted by Crippen LogP contribution is -2.23. The number of aliphatic hydroxyl groups is 1. The number of nitrogens with zero attached hydrogens (tertiary/aromatic N) is 1. The first-order valence-electron chi connectivity index (χ1n) is 7.00. The highest BCUT2D eigenvalue weighted by molar-refractivity contribution is 5.75. The Morgan fingerprint density at radius 3 is 1.80 bits per heavy atom. The lowest BCUT2D eigenvalue weighted by atomic mass is 10.2. The van der Waals surface area contributed by atoms with Crippen molar-refractivity contribution in [2.24, 2.45) is 16.5 Å². The van der Waals surface area contributed by atoms with Crippen molar-refractivity contribution >= 4 is 5.96 Å². The molecule has 0 saturated carbocycles. The molecule has 0 aliphatic rings. The van der Waals surface area contributed by atoms with E-state index in [1.807, 2.05) is 34.6 Å². The summed E-state index contributed by atoms with van der Waals surface area (Å²) in [7, 11) is 0. The minimum Gasteiger partial charge on any atom is -0.394 e. The lowest BCUT2D eigenvalue weighted by Gasteiger charge is -1.92. The first-order valence-corrected chi connectivity index (χ1v) is 7.00. The molecule has 1 rings (SSSR count). The molecule has 0 aliphatic heterocycles. The summed E-state index contributed by atoms with van der Waals surface area (Å²) in [5.41, 5.74) is 11.0. The van der Waals surface area contributed by atoms with Crippen LogP contribution in [0.25, 0.3) is 0 Å². The molecule has 0 aliphatic carbocycles. The molecular formula is C15H30FN3O. The van der Waals surface area contributed by atoms with Gasteiger partial charge in [-0.2, -0.15) is 0 Å². The Kier molecular flexibility index (Phi) is 23.1. The van der Waals surface area contributed by atoms with Crippen LogP contribution in [0.5, 0.6) is 0 Å². The van der Waals surface area contributed by atoms with Gasteiger partial charge in [0.1, 0.15) is 5.82 Å². The summed E-state index contributed by atoms with van der Waals surface area (Å²) < 4.78 is 12.2. The largest absolute Gasteiger partial charge is 0.394 e. The van der Waals surface area contributed by atoms with Gasteiger partial charge in [0.2, 0.25) is 0 Å². The number of hydrogen-bond acceptors (Lipinski definition) is 2. The highest BCUT2D eigenvalue weighted by Gasteiger charge is 1.87. The predicted molar refractivity (Wildman–Crippen MR) is 86.2 cm³/mol. The van der Waals surface area contributed by atoms with Crippen LogP contribution in [0.3, 0.4) is 0 Å². The third-order valence-corrected chi connectivity index (χ3v) is 1.72. The predicted octanol–water partition coefficient (Wildman–Crippen LogP) is 2.69. The maximum Gasteiger partial charge on any atom is 0.185 e. The van der Waals surface area contributed by atoms with Crippen molar-refractivity contribution in [2.45, 2.75) is 41.0 Å². The third-order valence-electron chi connectivity index (χ3n) is 1.72. The molecule has 1 aromatic rings. The minimum atomic E-state index is -0.160. The Morgan fingerprint density at radius 2 is 1.55 bits per heavy atom. The number of rotatable bonds is 3. The van der Waals surface area contributed by atoms with Gasteiger partial charge in [0, 0.05) is 0 Å². The van der Waals surface area contributed by atoms with Crippen molar-refractivity contribution in [3.05, 3.63) is 35.6 Å². The first kappa shape index (κ1) is 23.5. The van der Waals surface area contributed by atoms with Crippen LogP contribution in [0.15, 0.2) is 29.3 Å². The van der Waals surface area contributed by atoms with Crippen LogP contribution in [0, 0.1) is 5.82 Å². The van der Waals surface area contributed by atoms with Gasteiger partial charge in [-0.05, 0) is 24.1 Å². The molecule has 0 radical (unpaired) electrons. The van der Waals surface area contributed by atoms with Crippen molar-refractivity contribution in [1.82, 2.24) is 0 Å². The Balaban J connectivity index is -0.000000236. The van der Waals surface area contributed by atoms with Gasteiger partial charge >= 0.3 is 0 Å². The number of guanidine groups is 1. The van der Waals surface area contributed by atoms with Crippen LogP contribution in [-0.2, 0) is 6.42 Å². The monoisotopic (exact) mass is 287 g/mol. The van der Waals surface area contributed by atoms with E-state index in [2.05, 4.69) is 4.99 Å². The average Bonchev–Trinajstić information content (AvgIpc) is 2.50. The molecule has 0 fully saturated rings. The number of nitrogens with two attached hydrogens (primary N) is 2. The Labute approximate surface area is 122 Å². The van der Waals surface area contributed by atoms with Crippen LogP contribution in [0.4, 0.5) is 4.39 Å². The van der Waals surface area contributed by atoms with E-state index < -0.39 is 0 Å². The van der Waals surface area contributed by atoms with Crippen LogP contribution in [-0.4, -0.2) is 24.2 Å². The standard InChI is InChI=1S/C8H9F.C3H9N3O.2C2H6/c1-2-7-3-5-8(9)6-4-7;4-3(5)6-1-2-7;2*1-2/h3-6H,2H2,1H3;7H,1-2H2,(H4,4,5,6);2*1-2H3. The maximum atomic E-state index is 12.2. The molecule has 1 aromatic carbocycles. The molecule has 0 amide bonds. The number of halogens is 1. The fourth-order valence-electron chi connectivity index (χ4n) is 0.899. The smallest absolute Gasteiger partial charge is 0.185 e. The zero-order valence-corrected chi connectivity index (χ0v) is 13.4. The highest BCUT2D eigenvalue weighted by atomic mass is 19.1. The Morgan fingerprint density at radius 1 is 1.10 bits per heavy atom. The summed E-state index contributed by atoms with van der Waals surface area (Å²) in [6.45, 7) is 10.3. The summed E-state index contributed by atoms with van der Waals surface area (Å²) in [5.74, 6) is -0.138. The van der Waals surface area contributed by atoms with Gasteiger partial charge in [0.15, 0.2) is 5.96 Å². The number of benzene rings is 1. The van der Waals surface area contributed by atoms with E-state index in [1.54, 1.807) is 12.1 Å². The first-order chi connectivity index (χ1) is 9.60. The van der Waals surface area contributed by atoms with E-state index in [0.29, 0.717) is 6.54 Å². The number of aliphatic imine (C=N–C) groups is 1. The molecule has 0 bridgehead atoms. The second-order valence-electron chi connectivity index (χ2n) is 3.01. The zero-order valence-electron chi connectivity index (χ0n) is 13.4. The summed E-state index contributed by atoms with van der Waals surface area (Å²) in [6.07, 6.45) is 0.972. The molecule has 0 aromatic heterocycles. The summed E-state index contributed by atoms with van der Waals surface area (Å²) in [6, 6.07) is 6.57. The van der Waals surface area contributed by atoms with Crippen LogP contribution >= 0.6 is 0 Å². The second-order valence-corrected chi connectivity index (χ2v) is 3.01. The second kappa shape index (κ2) is 19.7. The van der Waals surface area contributed by atoms with Gasteiger partial charge in [0.25, 0.3) is 0 Å². The third kappa shape index (κ3) is 18.7. The molecular weight excluding hydrogens is 257 g/mol. The molecule has 0 saturated heterocycles. The topological polar surface area (TPSA) is 84.6 Å². The van der Waals surface area contributed by atoms with E-state index >= 15 is 0 Å². The highest BCUT2D eigenvalue weighted by Crippen LogP contribution is 2.01. The van der Waals surface area contributed by atoms with Crippen molar-refractivity contribution in [1.29, 1.82) is 0 Å². The molecule has 5 N–H and O–H groups in total. The summed E-state index contributed by atoms with van der Waals surface area (Å²) in [5, 5.41) is 8.10. The fourth-order valence-corrected chi connectivity index (χ4v) is 0.899. The van der Waals surface area contributed by atoms with E-state index in [9.17, 15) is 4.39 Å². The lowest BCUT2D eigenvalue weighted by molar-refractivity contribution is 0.307. The molecule has 5 heteroatoms. The van der Waals surface area contributed by atoms with Crippen molar-refractivity contribution in [3.63, 3.8) is 0 Å². The van der Waals surface area contributed by atoms with Crippen molar-refractivity contribution in [2.75, 3.05) is 13.2 Å². The van der Waals surface area contributed by atoms with E-state index in [0.717, 1.165) is 6.42 Å². The Hall–Kier alpha value is -1.62. The summed E-state index contributed by atoms with van der Waals surface area (Å²) >= 11 is 0. The maximum absolute atomic E-state index is 12.2. The van der Waals surface area contributed by atoms with Crippen molar-refractivity contribution < 1.29 is 9.50 Å². The van der Waals surface area contributed by atoms with Crippen LogP contribution in [0.1, 0.15) is 40.2 Å². The Bertz CT molecular complexity index is 309. The fraction of sp³-hybridized carbons (Fsp3) is 0.533. The zero-order chi connectivity index (χ0) is 16.4. The van der Waals surface area contributed by atoms with Crippen LogP contribution < -0.4 is 11.5 Å². The number of aryl methyl sites for hydroxylation is 1.